The molecule has 0 saturated carbocycles. The predicted octanol–water partition coefficient (Wildman–Crippen LogP) is 1.63. The van der Waals surface area contributed by atoms with Gasteiger partial charge in [0.25, 0.3) is 0 Å². The van der Waals surface area contributed by atoms with Gasteiger partial charge in [0.1, 0.15) is 0 Å². The first-order chi connectivity index (χ1) is 9.56. The Hall–Kier alpha value is -1.40. The Bertz CT molecular complexity index is 460. The van der Waals surface area contributed by atoms with E-state index in [0.717, 1.165) is 6.42 Å². The van der Waals surface area contributed by atoms with E-state index in [4.69, 9.17) is 9.84 Å². The summed E-state index contributed by atoms with van der Waals surface area (Å²) in [5.74, 6) is -0.898. The SMILES string of the molecule is CC(Cc1cccs1)C(=O)N1CCOC(CC(=O)O)C1. The van der Waals surface area contributed by atoms with E-state index in [1.165, 1.54) is 4.88 Å². The third kappa shape index (κ3) is 4.05. The smallest absolute Gasteiger partial charge is 0.306 e. The van der Waals surface area contributed by atoms with Crippen molar-refractivity contribution in [2.24, 2.45) is 5.92 Å². The highest BCUT2D eigenvalue weighted by molar-refractivity contribution is 7.09. The molecular formula is C14H19NO4S. The molecule has 0 bridgehead atoms. The fourth-order valence-corrected chi connectivity index (χ4v) is 3.20. The minimum atomic E-state index is -0.893. The van der Waals surface area contributed by atoms with Crippen molar-refractivity contribution in [1.29, 1.82) is 0 Å². The maximum absolute atomic E-state index is 12.4. The number of hydrogen-bond donors (Lipinski definition) is 1. The summed E-state index contributed by atoms with van der Waals surface area (Å²) in [5.41, 5.74) is 0. The highest BCUT2D eigenvalue weighted by Gasteiger charge is 2.28. The number of carbonyl (C=O) groups excluding carboxylic acids is 1. The number of aliphatic carboxylic acids is 1. The molecule has 2 rings (SSSR count). The van der Waals surface area contributed by atoms with Gasteiger partial charge in [-0.1, -0.05) is 13.0 Å². The molecule has 0 aliphatic carbocycles. The Morgan fingerprint density at radius 1 is 1.60 bits per heavy atom. The van der Waals surface area contributed by atoms with E-state index in [1.54, 1.807) is 16.2 Å². The highest BCUT2D eigenvalue weighted by atomic mass is 32.1. The molecule has 0 aromatic carbocycles. The number of carbonyl (C=O) groups is 2. The lowest BCUT2D eigenvalue weighted by atomic mass is 10.0. The van der Waals surface area contributed by atoms with Crippen molar-refractivity contribution in [2.75, 3.05) is 19.7 Å². The second-order valence-electron chi connectivity index (χ2n) is 5.06. The lowest BCUT2D eigenvalue weighted by molar-refractivity contribution is -0.149. The van der Waals surface area contributed by atoms with Crippen LogP contribution in [0.5, 0.6) is 0 Å². The molecule has 1 amide bonds. The largest absolute Gasteiger partial charge is 0.481 e. The summed E-state index contributed by atoms with van der Waals surface area (Å²) in [5, 5.41) is 10.8. The average molecular weight is 297 g/mol. The molecule has 1 aliphatic rings. The molecule has 1 N–H and O–H groups in total. The van der Waals surface area contributed by atoms with E-state index in [-0.39, 0.29) is 24.3 Å². The number of nitrogens with zero attached hydrogens (tertiary/aromatic N) is 1. The Kier molecular flexibility index (Phi) is 5.14. The summed E-state index contributed by atoms with van der Waals surface area (Å²) in [7, 11) is 0. The Labute approximate surface area is 122 Å². The summed E-state index contributed by atoms with van der Waals surface area (Å²) >= 11 is 1.65. The lowest BCUT2D eigenvalue weighted by Crippen LogP contribution is -2.48. The zero-order valence-electron chi connectivity index (χ0n) is 11.4. The van der Waals surface area contributed by atoms with Crippen LogP contribution in [0.4, 0.5) is 0 Å². The van der Waals surface area contributed by atoms with Gasteiger partial charge in [0.2, 0.25) is 5.91 Å². The van der Waals surface area contributed by atoms with Crippen molar-refractivity contribution in [3.05, 3.63) is 22.4 Å². The van der Waals surface area contributed by atoms with Crippen LogP contribution in [-0.4, -0.2) is 47.7 Å². The van der Waals surface area contributed by atoms with Crippen LogP contribution in [0.3, 0.4) is 0 Å². The van der Waals surface area contributed by atoms with E-state index in [0.29, 0.717) is 19.7 Å². The lowest BCUT2D eigenvalue weighted by Gasteiger charge is -2.33. The first-order valence-electron chi connectivity index (χ1n) is 6.71. The van der Waals surface area contributed by atoms with Crippen molar-refractivity contribution in [3.8, 4) is 0 Å². The minimum Gasteiger partial charge on any atom is -0.481 e. The molecule has 0 radical (unpaired) electrons. The number of rotatable bonds is 5. The molecule has 1 saturated heterocycles. The van der Waals surface area contributed by atoms with Gasteiger partial charge in [0, 0.05) is 23.9 Å². The normalized spacial score (nSPS) is 20.6. The van der Waals surface area contributed by atoms with Crippen LogP contribution in [0.2, 0.25) is 0 Å². The average Bonchev–Trinajstić information content (AvgIpc) is 2.90. The zero-order chi connectivity index (χ0) is 14.5. The second kappa shape index (κ2) is 6.85. The first-order valence-corrected chi connectivity index (χ1v) is 7.58. The van der Waals surface area contributed by atoms with E-state index < -0.39 is 5.97 Å². The number of carboxylic acids is 1. The zero-order valence-corrected chi connectivity index (χ0v) is 12.3. The Balaban J connectivity index is 1.89. The maximum atomic E-state index is 12.4. The number of carboxylic acid groups (broad SMARTS) is 1. The molecule has 0 spiro atoms. The van der Waals surface area contributed by atoms with Crippen LogP contribution in [0.15, 0.2) is 17.5 Å². The van der Waals surface area contributed by atoms with Crippen LogP contribution < -0.4 is 0 Å². The summed E-state index contributed by atoms with van der Waals surface area (Å²) in [6.45, 7) is 3.25. The van der Waals surface area contributed by atoms with Crippen LogP contribution >= 0.6 is 11.3 Å². The fraction of sp³-hybridized carbons (Fsp3) is 0.571. The molecule has 2 unspecified atom stereocenters. The molecule has 20 heavy (non-hydrogen) atoms. The predicted molar refractivity (Wildman–Crippen MR) is 75.8 cm³/mol. The summed E-state index contributed by atoms with van der Waals surface area (Å²) in [6.07, 6.45) is 0.291. The van der Waals surface area contributed by atoms with E-state index in [1.807, 2.05) is 24.4 Å². The van der Waals surface area contributed by atoms with E-state index in [2.05, 4.69) is 0 Å². The molecule has 1 aromatic heterocycles. The van der Waals surface area contributed by atoms with Crippen molar-refractivity contribution in [2.45, 2.75) is 25.9 Å². The van der Waals surface area contributed by atoms with Gasteiger partial charge in [-0.3, -0.25) is 9.59 Å². The maximum Gasteiger partial charge on any atom is 0.306 e. The first kappa shape index (κ1) is 15.0. The standard InChI is InChI=1S/C14H19NO4S/c1-10(7-12-3-2-6-20-12)14(18)15-4-5-19-11(9-15)8-13(16)17/h2-3,6,10-11H,4-5,7-9H2,1H3,(H,16,17). The van der Waals surface area contributed by atoms with Gasteiger partial charge in [0.05, 0.1) is 19.1 Å². The van der Waals surface area contributed by atoms with Crippen LogP contribution in [0.25, 0.3) is 0 Å². The molecule has 1 aliphatic heterocycles. The van der Waals surface area contributed by atoms with Crippen LogP contribution in [-0.2, 0) is 20.7 Å². The number of ether oxygens (including phenoxy) is 1. The van der Waals surface area contributed by atoms with Crippen molar-refractivity contribution in [1.82, 2.24) is 4.90 Å². The number of thiophene rings is 1. The van der Waals surface area contributed by atoms with Crippen molar-refractivity contribution in [3.63, 3.8) is 0 Å². The topological polar surface area (TPSA) is 66.8 Å². The molecule has 6 heteroatoms. The third-order valence-corrected chi connectivity index (χ3v) is 4.26. The second-order valence-corrected chi connectivity index (χ2v) is 6.09. The van der Waals surface area contributed by atoms with Gasteiger partial charge in [-0.2, -0.15) is 0 Å². The monoisotopic (exact) mass is 297 g/mol. The fourth-order valence-electron chi connectivity index (χ4n) is 2.37. The minimum absolute atomic E-state index is 0.0525. The van der Waals surface area contributed by atoms with E-state index in [9.17, 15) is 9.59 Å². The molecule has 2 atom stereocenters. The molecule has 1 fully saturated rings. The highest BCUT2D eigenvalue weighted by Crippen LogP contribution is 2.18. The van der Waals surface area contributed by atoms with Crippen LogP contribution in [0, 0.1) is 5.92 Å². The van der Waals surface area contributed by atoms with Crippen LogP contribution in [0.1, 0.15) is 18.2 Å². The third-order valence-electron chi connectivity index (χ3n) is 3.36. The summed E-state index contributed by atoms with van der Waals surface area (Å²) < 4.78 is 5.38. The van der Waals surface area contributed by atoms with E-state index >= 15 is 0 Å². The molecule has 110 valence electrons. The Morgan fingerprint density at radius 3 is 3.05 bits per heavy atom. The summed E-state index contributed by atoms with van der Waals surface area (Å²) in [6, 6.07) is 4.01. The molecule has 5 nitrogen and oxygen atoms in total. The number of hydrogen-bond acceptors (Lipinski definition) is 4. The van der Waals surface area contributed by atoms with Gasteiger partial charge in [-0.25, -0.2) is 0 Å². The van der Waals surface area contributed by atoms with Gasteiger partial charge in [-0.05, 0) is 17.9 Å². The van der Waals surface area contributed by atoms with Crippen molar-refractivity contribution >= 4 is 23.2 Å². The summed E-state index contributed by atoms with van der Waals surface area (Å²) in [4.78, 5) is 26.0. The quantitative estimate of drug-likeness (QED) is 0.897. The molecule has 1 aromatic rings. The van der Waals surface area contributed by atoms with Crippen molar-refractivity contribution < 1.29 is 19.4 Å². The molecular weight excluding hydrogens is 278 g/mol. The molecule has 2 heterocycles. The van der Waals surface area contributed by atoms with Gasteiger partial charge < -0.3 is 14.7 Å². The van der Waals surface area contributed by atoms with Gasteiger partial charge >= 0.3 is 5.97 Å². The van der Waals surface area contributed by atoms with Gasteiger partial charge in [0.15, 0.2) is 0 Å². The Morgan fingerprint density at radius 2 is 2.40 bits per heavy atom. The number of morpholine rings is 1. The number of amides is 1. The van der Waals surface area contributed by atoms with Gasteiger partial charge in [-0.15, -0.1) is 11.3 Å².